The number of ether oxygens (including phenoxy) is 2. The molecule has 19 heavy (non-hydrogen) atoms. The van der Waals surface area contributed by atoms with Crippen LogP contribution < -0.4 is 5.32 Å². The highest BCUT2D eigenvalue weighted by atomic mass is 16.5. The van der Waals surface area contributed by atoms with Crippen molar-refractivity contribution in [3.63, 3.8) is 0 Å². The van der Waals surface area contributed by atoms with Crippen LogP contribution in [0.4, 0.5) is 0 Å². The molecule has 0 aromatic heterocycles. The van der Waals surface area contributed by atoms with Crippen LogP contribution >= 0.6 is 0 Å². The lowest BCUT2D eigenvalue weighted by atomic mass is 10.1. The van der Waals surface area contributed by atoms with E-state index in [0.29, 0.717) is 42.4 Å². The van der Waals surface area contributed by atoms with Gasteiger partial charge in [0.15, 0.2) is 5.57 Å². The van der Waals surface area contributed by atoms with Crippen molar-refractivity contribution in [2.24, 2.45) is 16.8 Å². The van der Waals surface area contributed by atoms with Gasteiger partial charge in [0.25, 0.3) is 0 Å². The molecule has 0 spiro atoms. The predicted molar refractivity (Wildman–Crippen MR) is 72.4 cm³/mol. The molecule has 104 valence electrons. The minimum atomic E-state index is 0.126. The maximum absolute atomic E-state index is 9.31. The van der Waals surface area contributed by atoms with Crippen LogP contribution in [0.1, 0.15) is 27.7 Å². The third kappa shape index (κ3) is 2.83. The highest BCUT2D eigenvalue weighted by molar-refractivity contribution is 5.98. The first kappa shape index (κ1) is 13.7. The molecule has 2 heterocycles. The van der Waals surface area contributed by atoms with E-state index in [2.05, 4.69) is 44.1 Å². The zero-order valence-electron chi connectivity index (χ0n) is 11.9. The van der Waals surface area contributed by atoms with Crippen molar-refractivity contribution in [1.82, 2.24) is 5.32 Å². The normalized spacial score (nSPS) is 28.6. The molecule has 0 aromatic rings. The summed E-state index contributed by atoms with van der Waals surface area (Å²) < 4.78 is 11.1. The summed E-state index contributed by atoms with van der Waals surface area (Å²) in [4.78, 5) is 4.47. The van der Waals surface area contributed by atoms with E-state index in [4.69, 9.17) is 9.47 Å². The zero-order valence-corrected chi connectivity index (χ0v) is 11.9. The molecule has 0 unspecified atom stereocenters. The van der Waals surface area contributed by atoms with E-state index in [9.17, 15) is 5.26 Å². The lowest BCUT2D eigenvalue weighted by molar-refractivity contribution is 0.241. The van der Waals surface area contributed by atoms with E-state index in [0.717, 1.165) is 0 Å². The minimum absolute atomic E-state index is 0.126. The summed E-state index contributed by atoms with van der Waals surface area (Å²) >= 11 is 0. The molecule has 2 aliphatic heterocycles. The Balaban J connectivity index is 2.18. The molecule has 0 amide bonds. The Kier molecular flexibility index (Phi) is 3.98. The van der Waals surface area contributed by atoms with Crippen LogP contribution in [0.25, 0.3) is 0 Å². The maximum Gasteiger partial charge on any atom is 0.233 e. The molecule has 0 bridgehead atoms. The first-order valence-electron chi connectivity index (χ1n) is 6.77. The van der Waals surface area contributed by atoms with Gasteiger partial charge in [0, 0.05) is 0 Å². The Hall–Kier alpha value is -1.70. The average Bonchev–Trinajstić information content (AvgIpc) is 2.98. The van der Waals surface area contributed by atoms with Crippen molar-refractivity contribution in [3.8, 4) is 6.07 Å². The van der Waals surface area contributed by atoms with Gasteiger partial charge in [-0.2, -0.15) is 5.26 Å². The van der Waals surface area contributed by atoms with Gasteiger partial charge in [0.05, 0.1) is 12.1 Å². The monoisotopic (exact) mass is 263 g/mol. The average molecular weight is 263 g/mol. The third-order valence-electron chi connectivity index (χ3n) is 3.52. The standard InChI is InChI=1S/C14H21N3O2/c1-8(2)11-6-18-13(16-11)10(5-15)14-17-12(7-19-14)9(3)4/h8-9,11-12,16H,6-7H2,1-4H3/b13-10+/t11-,12-/m1/s1. The topological polar surface area (TPSA) is 66.6 Å². The van der Waals surface area contributed by atoms with Crippen LogP contribution in [0, 0.1) is 23.2 Å². The lowest BCUT2D eigenvalue weighted by Gasteiger charge is -2.11. The first-order chi connectivity index (χ1) is 9.02. The maximum atomic E-state index is 9.31. The second-order valence-corrected chi connectivity index (χ2v) is 5.68. The largest absolute Gasteiger partial charge is 0.476 e. The Morgan fingerprint density at radius 2 is 2.00 bits per heavy atom. The number of nitrogens with one attached hydrogen (secondary N) is 1. The van der Waals surface area contributed by atoms with Crippen molar-refractivity contribution >= 4 is 5.90 Å². The van der Waals surface area contributed by atoms with E-state index in [1.165, 1.54) is 0 Å². The fourth-order valence-corrected chi connectivity index (χ4v) is 1.99. The fraction of sp³-hybridized carbons (Fsp3) is 0.714. The molecule has 1 N–H and O–H groups in total. The Bertz CT molecular complexity index is 446. The number of nitriles is 1. The van der Waals surface area contributed by atoms with Gasteiger partial charge in [-0.15, -0.1) is 0 Å². The first-order valence-corrected chi connectivity index (χ1v) is 6.77. The van der Waals surface area contributed by atoms with Gasteiger partial charge in [0.2, 0.25) is 11.8 Å². The van der Waals surface area contributed by atoms with Gasteiger partial charge >= 0.3 is 0 Å². The lowest BCUT2D eigenvalue weighted by Crippen LogP contribution is -2.29. The summed E-state index contributed by atoms with van der Waals surface area (Å²) in [5.74, 6) is 1.77. The quantitative estimate of drug-likeness (QED) is 0.789. The molecule has 0 saturated carbocycles. The summed E-state index contributed by atoms with van der Waals surface area (Å²) in [6.45, 7) is 9.55. The molecule has 2 aliphatic rings. The molecule has 5 heteroatoms. The van der Waals surface area contributed by atoms with E-state index in [1.807, 2.05) is 0 Å². The van der Waals surface area contributed by atoms with Crippen LogP contribution in [-0.2, 0) is 9.47 Å². The van der Waals surface area contributed by atoms with Crippen molar-refractivity contribution in [2.75, 3.05) is 13.2 Å². The number of nitrogens with zero attached hydrogens (tertiary/aromatic N) is 2. The van der Waals surface area contributed by atoms with Crippen LogP contribution in [0.3, 0.4) is 0 Å². The van der Waals surface area contributed by atoms with E-state index < -0.39 is 0 Å². The molecule has 5 nitrogen and oxygen atoms in total. The summed E-state index contributed by atoms with van der Waals surface area (Å²) in [6, 6.07) is 2.50. The van der Waals surface area contributed by atoms with Gasteiger partial charge in [-0.25, -0.2) is 4.99 Å². The van der Waals surface area contributed by atoms with E-state index in [-0.39, 0.29) is 12.1 Å². The SMILES string of the molecule is CC(C)[C@H]1COC(/C(C#N)=C2\N[C@@H](C(C)C)CO2)=N1. The summed E-state index contributed by atoms with van der Waals surface area (Å²) in [6.07, 6.45) is 0. The molecule has 0 aromatic carbocycles. The molecular weight excluding hydrogens is 242 g/mol. The summed E-state index contributed by atoms with van der Waals surface area (Å²) in [7, 11) is 0. The predicted octanol–water partition coefficient (Wildman–Crippen LogP) is 1.82. The van der Waals surface area contributed by atoms with E-state index >= 15 is 0 Å². The minimum Gasteiger partial charge on any atom is -0.476 e. The van der Waals surface area contributed by atoms with Gasteiger partial charge < -0.3 is 14.8 Å². The highest BCUT2D eigenvalue weighted by Crippen LogP contribution is 2.22. The van der Waals surface area contributed by atoms with Gasteiger partial charge in [-0.3, -0.25) is 0 Å². The number of hydrogen-bond acceptors (Lipinski definition) is 5. The van der Waals surface area contributed by atoms with Crippen LogP contribution in [-0.4, -0.2) is 31.2 Å². The molecule has 1 fully saturated rings. The summed E-state index contributed by atoms with van der Waals surface area (Å²) in [5, 5.41) is 12.5. The zero-order chi connectivity index (χ0) is 14.0. The van der Waals surface area contributed by atoms with Crippen LogP contribution in [0.2, 0.25) is 0 Å². The molecule has 0 radical (unpaired) electrons. The van der Waals surface area contributed by atoms with Gasteiger partial charge in [-0.05, 0) is 11.8 Å². The molecule has 2 rings (SSSR count). The number of aliphatic imine (C=N–C) groups is 1. The van der Waals surface area contributed by atoms with Crippen LogP contribution in [0.5, 0.6) is 0 Å². The Morgan fingerprint density at radius 3 is 2.47 bits per heavy atom. The fourth-order valence-electron chi connectivity index (χ4n) is 1.99. The second-order valence-electron chi connectivity index (χ2n) is 5.68. The highest BCUT2D eigenvalue weighted by Gasteiger charge is 2.31. The van der Waals surface area contributed by atoms with Crippen LogP contribution in [0.15, 0.2) is 16.4 Å². The second kappa shape index (κ2) is 5.52. The van der Waals surface area contributed by atoms with Gasteiger partial charge in [-0.1, -0.05) is 27.7 Å². The summed E-state index contributed by atoms with van der Waals surface area (Å²) in [5.41, 5.74) is 0.381. The van der Waals surface area contributed by atoms with Crippen molar-refractivity contribution < 1.29 is 9.47 Å². The Labute approximate surface area is 114 Å². The molecular formula is C14H21N3O2. The molecule has 1 saturated heterocycles. The van der Waals surface area contributed by atoms with Crippen molar-refractivity contribution in [2.45, 2.75) is 39.8 Å². The molecule has 2 atom stereocenters. The van der Waals surface area contributed by atoms with Gasteiger partial charge in [0.1, 0.15) is 19.3 Å². The number of rotatable bonds is 3. The number of hydrogen-bond donors (Lipinski definition) is 1. The smallest absolute Gasteiger partial charge is 0.233 e. The molecule has 0 aliphatic carbocycles. The Morgan fingerprint density at radius 1 is 1.26 bits per heavy atom. The third-order valence-corrected chi connectivity index (χ3v) is 3.52. The van der Waals surface area contributed by atoms with Crippen molar-refractivity contribution in [1.29, 1.82) is 5.26 Å². The van der Waals surface area contributed by atoms with Crippen molar-refractivity contribution in [3.05, 3.63) is 11.5 Å². The van der Waals surface area contributed by atoms with E-state index in [1.54, 1.807) is 0 Å².